The van der Waals surface area contributed by atoms with E-state index in [4.69, 9.17) is 5.73 Å². The van der Waals surface area contributed by atoms with Crippen LogP contribution in [-0.2, 0) is 0 Å². The van der Waals surface area contributed by atoms with E-state index in [2.05, 4.69) is 15.9 Å². The smallest absolute Gasteiger partial charge is 0.134 e. The lowest BCUT2D eigenvalue weighted by Crippen LogP contribution is -1.87. The highest BCUT2D eigenvalue weighted by atomic mass is 79.9. The van der Waals surface area contributed by atoms with Crippen LogP contribution in [-0.4, -0.2) is 5.11 Å². The number of hydrogen-bond donors (Lipinski definition) is 2. The SMILES string of the molecule is Cc1ccc(N)c(Br)c1O. The second kappa shape index (κ2) is 2.50. The Bertz CT molecular complexity index is 233. The molecule has 0 radical (unpaired) electrons. The van der Waals surface area contributed by atoms with Crippen molar-refractivity contribution in [2.45, 2.75) is 6.92 Å². The molecule has 0 heterocycles. The van der Waals surface area contributed by atoms with Crippen LogP contribution < -0.4 is 5.73 Å². The topological polar surface area (TPSA) is 46.2 Å². The van der Waals surface area contributed by atoms with Gasteiger partial charge in [0.1, 0.15) is 5.75 Å². The van der Waals surface area contributed by atoms with Gasteiger partial charge in [0.15, 0.2) is 0 Å². The van der Waals surface area contributed by atoms with Crippen LogP contribution in [0.3, 0.4) is 0 Å². The van der Waals surface area contributed by atoms with E-state index in [0.29, 0.717) is 10.2 Å². The summed E-state index contributed by atoms with van der Waals surface area (Å²) in [5.41, 5.74) is 6.86. The van der Waals surface area contributed by atoms with Crippen molar-refractivity contribution in [3.05, 3.63) is 22.2 Å². The maximum Gasteiger partial charge on any atom is 0.134 e. The first-order chi connectivity index (χ1) is 4.63. The van der Waals surface area contributed by atoms with Crippen LogP contribution in [0, 0.1) is 6.92 Å². The first-order valence-electron chi connectivity index (χ1n) is 2.86. The van der Waals surface area contributed by atoms with Gasteiger partial charge in [0.05, 0.1) is 4.47 Å². The van der Waals surface area contributed by atoms with Gasteiger partial charge in [-0.05, 0) is 34.5 Å². The number of aromatic hydroxyl groups is 1. The van der Waals surface area contributed by atoms with Crippen molar-refractivity contribution < 1.29 is 5.11 Å². The number of aryl methyl sites for hydroxylation is 1. The number of hydrogen-bond acceptors (Lipinski definition) is 2. The molecule has 0 unspecified atom stereocenters. The molecule has 0 saturated carbocycles. The van der Waals surface area contributed by atoms with Crippen LogP contribution in [0.1, 0.15) is 5.56 Å². The van der Waals surface area contributed by atoms with Gasteiger partial charge in [-0.15, -0.1) is 0 Å². The van der Waals surface area contributed by atoms with E-state index in [0.717, 1.165) is 5.56 Å². The lowest BCUT2D eigenvalue weighted by atomic mass is 10.2. The first kappa shape index (κ1) is 7.41. The number of anilines is 1. The molecule has 10 heavy (non-hydrogen) atoms. The van der Waals surface area contributed by atoms with E-state index in [-0.39, 0.29) is 5.75 Å². The average molecular weight is 202 g/mol. The molecule has 1 rings (SSSR count). The van der Waals surface area contributed by atoms with E-state index < -0.39 is 0 Å². The second-order valence-electron chi connectivity index (χ2n) is 2.13. The van der Waals surface area contributed by atoms with Crippen LogP contribution in [0.4, 0.5) is 5.69 Å². The molecule has 3 N–H and O–H groups in total. The summed E-state index contributed by atoms with van der Waals surface area (Å²) < 4.78 is 0.576. The second-order valence-corrected chi connectivity index (χ2v) is 2.93. The average Bonchev–Trinajstić information content (AvgIpc) is 1.93. The Labute approximate surface area is 67.8 Å². The number of benzene rings is 1. The molecule has 0 atom stereocenters. The Balaban J connectivity index is 3.34. The molecule has 0 saturated heterocycles. The van der Waals surface area contributed by atoms with Gasteiger partial charge >= 0.3 is 0 Å². The van der Waals surface area contributed by atoms with Crippen molar-refractivity contribution in [1.82, 2.24) is 0 Å². The zero-order chi connectivity index (χ0) is 7.72. The van der Waals surface area contributed by atoms with Gasteiger partial charge in [0.25, 0.3) is 0 Å². The molecule has 54 valence electrons. The maximum atomic E-state index is 9.26. The molecule has 0 amide bonds. The van der Waals surface area contributed by atoms with Crippen molar-refractivity contribution in [3.8, 4) is 5.75 Å². The lowest BCUT2D eigenvalue weighted by molar-refractivity contribution is 0.468. The van der Waals surface area contributed by atoms with Gasteiger partial charge in [-0.2, -0.15) is 0 Å². The van der Waals surface area contributed by atoms with Crippen LogP contribution >= 0.6 is 15.9 Å². The lowest BCUT2D eigenvalue weighted by Gasteiger charge is -2.02. The number of nitrogen functional groups attached to an aromatic ring is 1. The molecular weight excluding hydrogens is 194 g/mol. The van der Waals surface area contributed by atoms with E-state index >= 15 is 0 Å². The van der Waals surface area contributed by atoms with E-state index in [9.17, 15) is 5.11 Å². The normalized spacial score (nSPS) is 9.80. The summed E-state index contributed by atoms with van der Waals surface area (Å²) in [7, 11) is 0. The van der Waals surface area contributed by atoms with E-state index in [1.165, 1.54) is 0 Å². The molecule has 2 nitrogen and oxygen atoms in total. The van der Waals surface area contributed by atoms with Crippen LogP contribution in [0.25, 0.3) is 0 Å². The van der Waals surface area contributed by atoms with Crippen LogP contribution in [0.5, 0.6) is 5.75 Å². The fourth-order valence-electron chi connectivity index (χ4n) is 0.677. The quantitative estimate of drug-likeness (QED) is 0.632. The molecule has 0 fully saturated rings. The highest BCUT2D eigenvalue weighted by Gasteiger charge is 2.03. The molecule has 0 aliphatic carbocycles. The zero-order valence-corrected chi connectivity index (χ0v) is 7.14. The molecule has 1 aromatic carbocycles. The summed E-state index contributed by atoms with van der Waals surface area (Å²) in [5.74, 6) is 0.222. The Hall–Kier alpha value is -0.700. The summed E-state index contributed by atoms with van der Waals surface area (Å²) in [6.45, 7) is 1.82. The number of nitrogens with two attached hydrogens (primary N) is 1. The predicted octanol–water partition coefficient (Wildman–Crippen LogP) is 2.05. The van der Waals surface area contributed by atoms with Gasteiger partial charge in [0, 0.05) is 5.69 Å². The zero-order valence-electron chi connectivity index (χ0n) is 5.56. The van der Waals surface area contributed by atoms with Crippen molar-refractivity contribution in [2.75, 3.05) is 5.73 Å². The third-order valence-corrected chi connectivity index (χ3v) is 2.18. The van der Waals surface area contributed by atoms with E-state index in [1.807, 2.05) is 6.92 Å². The Morgan fingerprint density at radius 3 is 2.60 bits per heavy atom. The molecule has 0 aliphatic heterocycles. The highest BCUT2D eigenvalue weighted by Crippen LogP contribution is 2.32. The van der Waals surface area contributed by atoms with Crippen LogP contribution in [0.2, 0.25) is 0 Å². The Kier molecular flexibility index (Phi) is 1.85. The molecule has 0 aliphatic rings. The minimum Gasteiger partial charge on any atom is -0.506 e. The third-order valence-electron chi connectivity index (χ3n) is 1.35. The number of phenolic OH excluding ortho intramolecular Hbond substituents is 1. The highest BCUT2D eigenvalue weighted by molar-refractivity contribution is 9.10. The minimum atomic E-state index is 0.222. The number of phenols is 1. The van der Waals surface area contributed by atoms with Crippen molar-refractivity contribution in [3.63, 3.8) is 0 Å². The summed E-state index contributed by atoms with van der Waals surface area (Å²) >= 11 is 3.15. The summed E-state index contributed by atoms with van der Waals surface area (Å²) in [6, 6.07) is 3.52. The van der Waals surface area contributed by atoms with Crippen molar-refractivity contribution in [2.24, 2.45) is 0 Å². The summed E-state index contributed by atoms with van der Waals surface area (Å²) in [4.78, 5) is 0. The Morgan fingerprint density at radius 2 is 2.10 bits per heavy atom. The standard InChI is InChI=1S/C7H8BrNO/c1-4-2-3-5(9)6(8)7(4)10/h2-3,10H,9H2,1H3. The molecule has 3 heteroatoms. The largest absolute Gasteiger partial charge is 0.506 e. The van der Waals surface area contributed by atoms with Gasteiger partial charge in [-0.1, -0.05) is 6.07 Å². The summed E-state index contributed by atoms with van der Waals surface area (Å²) in [6.07, 6.45) is 0. The van der Waals surface area contributed by atoms with Gasteiger partial charge in [-0.3, -0.25) is 0 Å². The maximum absolute atomic E-state index is 9.26. The van der Waals surface area contributed by atoms with Crippen molar-refractivity contribution >= 4 is 21.6 Å². The monoisotopic (exact) mass is 201 g/mol. The fourth-order valence-corrected chi connectivity index (χ4v) is 1.12. The molecule has 1 aromatic rings. The predicted molar refractivity (Wildman–Crippen MR) is 45.0 cm³/mol. The van der Waals surface area contributed by atoms with E-state index in [1.54, 1.807) is 12.1 Å². The molecule has 0 spiro atoms. The Morgan fingerprint density at radius 1 is 1.50 bits per heavy atom. The summed E-state index contributed by atoms with van der Waals surface area (Å²) in [5, 5.41) is 9.26. The van der Waals surface area contributed by atoms with Gasteiger partial charge in [0.2, 0.25) is 0 Å². The number of rotatable bonds is 0. The minimum absolute atomic E-state index is 0.222. The van der Waals surface area contributed by atoms with Gasteiger partial charge in [-0.25, -0.2) is 0 Å². The number of halogens is 1. The molecule has 0 aromatic heterocycles. The van der Waals surface area contributed by atoms with Crippen molar-refractivity contribution in [1.29, 1.82) is 0 Å². The van der Waals surface area contributed by atoms with Crippen LogP contribution in [0.15, 0.2) is 16.6 Å². The van der Waals surface area contributed by atoms with Gasteiger partial charge < -0.3 is 10.8 Å². The molecule has 0 bridgehead atoms. The first-order valence-corrected chi connectivity index (χ1v) is 3.65. The molecular formula is C7H8BrNO. The fraction of sp³-hybridized carbons (Fsp3) is 0.143. The third kappa shape index (κ3) is 1.09.